The first-order valence-electron chi connectivity index (χ1n) is 8.57. The second kappa shape index (κ2) is 8.03. The van der Waals surface area contributed by atoms with E-state index in [0.29, 0.717) is 24.6 Å². The van der Waals surface area contributed by atoms with Crippen LogP contribution in [0, 0.1) is 11.3 Å². The quantitative estimate of drug-likeness (QED) is 0.436. The van der Waals surface area contributed by atoms with E-state index >= 15 is 0 Å². The summed E-state index contributed by atoms with van der Waals surface area (Å²) in [5.41, 5.74) is 1.04. The number of hydrogen-bond donors (Lipinski definition) is 1. The van der Waals surface area contributed by atoms with Gasteiger partial charge in [0.1, 0.15) is 12.0 Å². The van der Waals surface area contributed by atoms with Crippen LogP contribution < -0.4 is 5.32 Å². The fraction of sp³-hybridized carbons (Fsp3) is 0.765. The molecule has 0 bridgehead atoms. The van der Waals surface area contributed by atoms with Crippen LogP contribution in [0.1, 0.15) is 39.3 Å². The molecule has 136 valence electrons. The molecule has 7 heteroatoms. The minimum Gasteiger partial charge on any atom is -0.377 e. The molecule has 0 amide bonds. The van der Waals surface area contributed by atoms with Gasteiger partial charge in [0.25, 0.3) is 0 Å². The van der Waals surface area contributed by atoms with Gasteiger partial charge >= 0.3 is 0 Å². The Hall–Kier alpha value is -0.830. The molecule has 3 rings (SSSR count). The number of aromatic nitrogens is 1. The summed E-state index contributed by atoms with van der Waals surface area (Å²) in [5, 5.41) is 7.68. The molecular formula is C17H29IN4O2. The van der Waals surface area contributed by atoms with Crippen LogP contribution in [-0.4, -0.2) is 48.4 Å². The average Bonchev–Trinajstić information content (AvgIpc) is 3.04. The van der Waals surface area contributed by atoms with E-state index in [9.17, 15) is 0 Å². The minimum absolute atomic E-state index is 0. The first kappa shape index (κ1) is 19.5. The summed E-state index contributed by atoms with van der Waals surface area (Å²) in [6.45, 7) is 8.98. The number of aliphatic imine (C=N–C) groups is 1. The Balaban J connectivity index is 0.00000208. The Morgan fingerprint density at radius 3 is 2.96 bits per heavy atom. The summed E-state index contributed by atoms with van der Waals surface area (Å²) >= 11 is 0. The standard InChI is InChI=1S/C17H28N4O2.HI/c1-5-18-16(21(4)11-12-8-10-23-20-12)19-14-13-7-6-9-22-15(13)17(14,2)3;/h8,10,13-15H,5-7,9,11H2,1-4H3,(H,18,19);1H. The third kappa shape index (κ3) is 3.71. The van der Waals surface area contributed by atoms with Crippen LogP contribution in [0.2, 0.25) is 0 Å². The van der Waals surface area contributed by atoms with Crippen molar-refractivity contribution in [3.63, 3.8) is 0 Å². The Morgan fingerprint density at radius 1 is 1.50 bits per heavy atom. The lowest BCUT2D eigenvalue weighted by Gasteiger charge is -2.60. The van der Waals surface area contributed by atoms with Crippen molar-refractivity contribution in [2.75, 3.05) is 20.2 Å². The summed E-state index contributed by atoms with van der Waals surface area (Å²) in [4.78, 5) is 6.77. The summed E-state index contributed by atoms with van der Waals surface area (Å²) in [6, 6.07) is 2.29. The van der Waals surface area contributed by atoms with Crippen molar-refractivity contribution < 1.29 is 9.26 Å². The molecule has 0 radical (unpaired) electrons. The highest BCUT2D eigenvalue weighted by molar-refractivity contribution is 14.0. The predicted octanol–water partition coefficient (Wildman–Crippen LogP) is 2.89. The Kier molecular flexibility index (Phi) is 6.52. The second-order valence-electron chi connectivity index (χ2n) is 7.19. The van der Waals surface area contributed by atoms with E-state index in [4.69, 9.17) is 9.26 Å². The summed E-state index contributed by atoms with van der Waals surface area (Å²) in [7, 11) is 2.04. The highest BCUT2D eigenvalue weighted by Crippen LogP contribution is 2.51. The number of nitrogens with one attached hydrogen (secondary N) is 1. The molecule has 1 saturated carbocycles. The van der Waals surface area contributed by atoms with Gasteiger partial charge in [-0.25, -0.2) is 0 Å². The van der Waals surface area contributed by atoms with E-state index < -0.39 is 0 Å². The van der Waals surface area contributed by atoms with Gasteiger partial charge in [-0.15, -0.1) is 24.0 Å². The van der Waals surface area contributed by atoms with Gasteiger partial charge < -0.3 is 19.5 Å². The molecule has 24 heavy (non-hydrogen) atoms. The fourth-order valence-corrected chi connectivity index (χ4v) is 4.02. The molecule has 1 aromatic heterocycles. The number of hydrogen-bond acceptors (Lipinski definition) is 4. The second-order valence-corrected chi connectivity index (χ2v) is 7.19. The molecule has 1 N–H and O–H groups in total. The van der Waals surface area contributed by atoms with E-state index in [2.05, 4.69) is 41.1 Å². The molecule has 2 aliphatic rings. The number of rotatable bonds is 4. The minimum atomic E-state index is 0. The number of fused-ring (bicyclic) bond motifs is 1. The Bertz CT molecular complexity index is 547. The summed E-state index contributed by atoms with van der Waals surface area (Å²) in [6.07, 6.45) is 4.37. The van der Waals surface area contributed by atoms with Crippen molar-refractivity contribution in [1.29, 1.82) is 0 Å². The lowest BCUT2D eigenvalue weighted by Crippen LogP contribution is -2.71. The monoisotopic (exact) mass is 448 g/mol. The lowest BCUT2D eigenvalue weighted by molar-refractivity contribution is -0.188. The zero-order valence-electron chi connectivity index (χ0n) is 15.0. The van der Waals surface area contributed by atoms with Gasteiger partial charge in [-0.3, -0.25) is 4.99 Å². The topological polar surface area (TPSA) is 62.9 Å². The number of guanidine groups is 1. The zero-order valence-corrected chi connectivity index (χ0v) is 17.3. The van der Waals surface area contributed by atoms with Crippen molar-refractivity contribution >= 4 is 29.9 Å². The number of halogens is 1. The molecule has 0 spiro atoms. The van der Waals surface area contributed by atoms with Crippen LogP contribution >= 0.6 is 24.0 Å². The molecule has 3 unspecified atom stereocenters. The van der Waals surface area contributed by atoms with Crippen molar-refractivity contribution in [3.05, 3.63) is 18.0 Å². The summed E-state index contributed by atoms with van der Waals surface area (Å²) in [5.74, 6) is 1.51. The van der Waals surface area contributed by atoms with Crippen LogP contribution in [0.3, 0.4) is 0 Å². The molecule has 1 aliphatic heterocycles. The van der Waals surface area contributed by atoms with Crippen LogP contribution in [0.25, 0.3) is 0 Å². The first-order chi connectivity index (χ1) is 11.0. The number of ether oxygens (including phenoxy) is 1. The smallest absolute Gasteiger partial charge is 0.194 e. The van der Waals surface area contributed by atoms with Crippen LogP contribution in [0.15, 0.2) is 21.8 Å². The maximum atomic E-state index is 5.99. The molecule has 1 aromatic rings. The van der Waals surface area contributed by atoms with Gasteiger partial charge in [0, 0.05) is 43.6 Å². The molecule has 0 aromatic carbocycles. The highest BCUT2D eigenvalue weighted by atomic mass is 127. The fourth-order valence-electron chi connectivity index (χ4n) is 4.02. The third-order valence-electron chi connectivity index (χ3n) is 5.18. The summed E-state index contributed by atoms with van der Waals surface area (Å²) < 4.78 is 10.9. The van der Waals surface area contributed by atoms with Gasteiger partial charge in [-0.1, -0.05) is 19.0 Å². The molecule has 1 aliphatic carbocycles. The molecular weight excluding hydrogens is 419 g/mol. The van der Waals surface area contributed by atoms with Gasteiger partial charge in [-0.05, 0) is 19.8 Å². The van der Waals surface area contributed by atoms with E-state index in [1.165, 1.54) is 6.42 Å². The molecule has 2 fully saturated rings. The molecule has 3 atom stereocenters. The average molecular weight is 448 g/mol. The van der Waals surface area contributed by atoms with Crippen LogP contribution in [0.5, 0.6) is 0 Å². The van der Waals surface area contributed by atoms with Crippen LogP contribution in [0.4, 0.5) is 0 Å². The molecule has 1 saturated heterocycles. The largest absolute Gasteiger partial charge is 0.377 e. The zero-order chi connectivity index (χ0) is 16.4. The van der Waals surface area contributed by atoms with E-state index in [-0.39, 0.29) is 29.4 Å². The van der Waals surface area contributed by atoms with Crippen molar-refractivity contribution in [2.24, 2.45) is 16.3 Å². The van der Waals surface area contributed by atoms with E-state index in [1.54, 1.807) is 6.26 Å². The Morgan fingerprint density at radius 2 is 2.29 bits per heavy atom. The highest BCUT2D eigenvalue weighted by Gasteiger charge is 2.58. The predicted molar refractivity (Wildman–Crippen MR) is 105 cm³/mol. The lowest BCUT2D eigenvalue weighted by atomic mass is 9.55. The number of nitrogens with zero attached hydrogens (tertiary/aromatic N) is 3. The van der Waals surface area contributed by atoms with Crippen molar-refractivity contribution in [3.8, 4) is 0 Å². The van der Waals surface area contributed by atoms with Gasteiger partial charge in [0.05, 0.1) is 12.6 Å². The van der Waals surface area contributed by atoms with Gasteiger partial charge in [0.2, 0.25) is 0 Å². The van der Waals surface area contributed by atoms with Crippen LogP contribution in [-0.2, 0) is 11.3 Å². The van der Waals surface area contributed by atoms with Crippen molar-refractivity contribution in [1.82, 2.24) is 15.4 Å². The van der Waals surface area contributed by atoms with E-state index in [0.717, 1.165) is 31.2 Å². The maximum absolute atomic E-state index is 5.99. The molecule has 6 nitrogen and oxygen atoms in total. The van der Waals surface area contributed by atoms with E-state index in [1.807, 2.05) is 13.1 Å². The SMILES string of the molecule is CCN=C(NC1C2CCCOC2C1(C)C)N(C)Cc1ccon1.I. The maximum Gasteiger partial charge on any atom is 0.194 e. The van der Waals surface area contributed by atoms with Gasteiger partial charge in [-0.2, -0.15) is 0 Å². The normalized spacial score (nSPS) is 28.3. The Labute approximate surface area is 161 Å². The van der Waals surface area contributed by atoms with Gasteiger partial charge in [0.15, 0.2) is 5.96 Å². The third-order valence-corrected chi connectivity index (χ3v) is 5.18. The first-order valence-corrected chi connectivity index (χ1v) is 8.57. The van der Waals surface area contributed by atoms with Crippen molar-refractivity contribution in [2.45, 2.75) is 52.3 Å². The molecule has 2 heterocycles.